The first-order valence-corrected chi connectivity index (χ1v) is 8.49. The molecule has 2 aliphatic heterocycles. The molecule has 0 bridgehead atoms. The second-order valence-electron chi connectivity index (χ2n) is 6.44. The van der Waals surface area contributed by atoms with Gasteiger partial charge in [-0.3, -0.25) is 0 Å². The zero-order valence-corrected chi connectivity index (χ0v) is 13.4. The van der Waals surface area contributed by atoms with E-state index >= 15 is 0 Å². The molecule has 2 aliphatic rings. The Labute approximate surface area is 133 Å². The van der Waals surface area contributed by atoms with Crippen molar-refractivity contribution in [3.05, 3.63) is 24.3 Å². The lowest BCUT2D eigenvalue weighted by Gasteiger charge is -2.26. The van der Waals surface area contributed by atoms with Crippen molar-refractivity contribution in [2.75, 3.05) is 31.7 Å². The van der Waals surface area contributed by atoms with Crippen LogP contribution in [0.4, 0.5) is 5.69 Å². The van der Waals surface area contributed by atoms with Gasteiger partial charge in [-0.1, -0.05) is 12.1 Å². The lowest BCUT2D eigenvalue weighted by Crippen LogP contribution is -2.24. The van der Waals surface area contributed by atoms with Crippen LogP contribution in [0.2, 0.25) is 0 Å². The summed E-state index contributed by atoms with van der Waals surface area (Å²) >= 11 is 0. The van der Waals surface area contributed by atoms with Crippen molar-refractivity contribution in [1.82, 2.24) is 0 Å². The van der Waals surface area contributed by atoms with Crippen molar-refractivity contribution < 1.29 is 14.2 Å². The Hall–Kier alpha value is -1.26. The average Bonchev–Trinajstić information content (AvgIpc) is 3.03. The predicted octanol–water partition coefficient (Wildman–Crippen LogP) is 3.47. The minimum absolute atomic E-state index is 0.189. The van der Waals surface area contributed by atoms with Gasteiger partial charge in [0.15, 0.2) is 0 Å². The van der Waals surface area contributed by atoms with E-state index in [0.717, 1.165) is 43.6 Å². The summed E-state index contributed by atoms with van der Waals surface area (Å²) in [6.45, 7) is 5.59. The normalized spacial score (nSPS) is 24.1. The van der Waals surface area contributed by atoms with Crippen molar-refractivity contribution in [1.29, 1.82) is 0 Å². The van der Waals surface area contributed by atoms with E-state index in [4.69, 9.17) is 14.2 Å². The van der Waals surface area contributed by atoms with Crippen LogP contribution < -0.4 is 10.1 Å². The second kappa shape index (κ2) is 7.84. The van der Waals surface area contributed by atoms with Crippen LogP contribution in [0.15, 0.2) is 24.3 Å². The number of hydrogen-bond acceptors (Lipinski definition) is 4. The summed E-state index contributed by atoms with van der Waals surface area (Å²) in [6, 6.07) is 8.67. The highest BCUT2D eigenvalue weighted by Gasteiger charge is 2.20. The molecule has 2 saturated heterocycles. The van der Waals surface area contributed by atoms with Crippen LogP contribution in [0.3, 0.4) is 0 Å². The second-order valence-corrected chi connectivity index (χ2v) is 6.44. The average molecular weight is 305 g/mol. The third-order valence-electron chi connectivity index (χ3n) is 4.50. The maximum Gasteiger partial charge on any atom is 0.142 e. The van der Waals surface area contributed by atoms with Crippen molar-refractivity contribution in [2.24, 2.45) is 5.92 Å². The van der Waals surface area contributed by atoms with Gasteiger partial charge in [0.05, 0.1) is 18.9 Å². The first kappa shape index (κ1) is 15.6. The van der Waals surface area contributed by atoms with Gasteiger partial charge in [0.2, 0.25) is 0 Å². The van der Waals surface area contributed by atoms with Crippen LogP contribution in [-0.2, 0) is 9.47 Å². The molecule has 1 aromatic carbocycles. The molecule has 1 N–H and O–H groups in total. The largest absolute Gasteiger partial charge is 0.486 e. The van der Waals surface area contributed by atoms with Gasteiger partial charge in [-0.25, -0.2) is 0 Å². The number of benzene rings is 1. The van der Waals surface area contributed by atoms with Crippen molar-refractivity contribution in [2.45, 2.75) is 44.8 Å². The van der Waals surface area contributed by atoms with E-state index in [9.17, 15) is 0 Å². The summed E-state index contributed by atoms with van der Waals surface area (Å²) in [5.41, 5.74) is 1.09. The molecule has 4 nitrogen and oxygen atoms in total. The Balaban J connectivity index is 1.56. The maximum absolute atomic E-state index is 6.09. The van der Waals surface area contributed by atoms with Crippen LogP contribution in [-0.4, -0.2) is 38.6 Å². The Morgan fingerprint density at radius 3 is 2.68 bits per heavy atom. The minimum atomic E-state index is 0.189. The fourth-order valence-corrected chi connectivity index (χ4v) is 3.28. The Morgan fingerprint density at radius 2 is 1.91 bits per heavy atom. The van der Waals surface area contributed by atoms with E-state index in [-0.39, 0.29) is 6.10 Å². The molecule has 2 fully saturated rings. The topological polar surface area (TPSA) is 39.7 Å². The maximum atomic E-state index is 6.09. The summed E-state index contributed by atoms with van der Waals surface area (Å²) in [5.74, 6) is 1.71. The molecule has 2 atom stereocenters. The molecular formula is C18H27NO3. The summed E-state index contributed by atoms with van der Waals surface area (Å²) < 4.78 is 16.9. The molecule has 0 amide bonds. The van der Waals surface area contributed by atoms with Gasteiger partial charge in [0.1, 0.15) is 11.9 Å². The van der Waals surface area contributed by atoms with Crippen molar-refractivity contribution in [3.63, 3.8) is 0 Å². The van der Waals surface area contributed by atoms with Gasteiger partial charge >= 0.3 is 0 Å². The zero-order valence-electron chi connectivity index (χ0n) is 13.4. The number of para-hydroxylation sites is 2. The smallest absolute Gasteiger partial charge is 0.142 e. The molecule has 2 unspecified atom stereocenters. The van der Waals surface area contributed by atoms with E-state index in [1.165, 1.54) is 19.3 Å². The van der Waals surface area contributed by atoms with Gasteiger partial charge in [-0.2, -0.15) is 0 Å². The minimum Gasteiger partial charge on any atom is -0.486 e. The van der Waals surface area contributed by atoms with Crippen LogP contribution in [0.5, 0.6) is 5.75 Å². The van der Waals surface area contributed by atoms with Crippen LogP contribution >= 0.6 is 0 Å². The molecule has 2 heterocycles. The monoisotopic (exact) mass is 305 g/mol. The standard InChI is InChI=1S/C18H27NO3/c1-14(12-15-6-9-20-10-7-15)19-17-4-2-3-5-18(17)22-16-8-11-21-13-16/h2-5,14-16,19H,6-13H2,1H3. The molecule has 122 valence electrons. The van der Waals surface area contributed by atoms with E-state index < -0.39 is 0 Å². The highest BCUT2D eigenvalue weighted by atomic mass is 16.5. The first-order chi connectivity index (χ1) is 10.8. The van der Waals surface area contributed by atoms with E-state index in [2.05, 4.69) is 24.4 Å². The fraction of sp³-hybridized carbons (Fsp3) is 0.667. The molecule has 1 aromatic rings. The van der Waals surface area contributed by atoms with Gasteiger partial charge in [0.25, 0.3) is 0 Å². The zero-order chi connectivity index (χ0) is 15.2. The molecule has 3 rings (SSSR count). The lowest BCUT2D eigenvalue weighted by atomic mass is 9.93. The molecule has 22 heavy (non-hydrogen) atoms. The molecule has 0 saturated carbocycles. The summed E-state index contributed by atoms with van der Waals surface area (Å²) in [7, 11) is 0. The van der Waals surface area contributed by atoms with Gasteiger partial charge in [-0.15, -0.1) is 0 Å². The quantitative estimate of drug-likeness (QED) is 0.873. The SMILES string of the molecule is CC(CC1CCOCC1)Nc1ccccc1OC1CCOC1. The molecule has 0 aromatic heterocycles. The van der Waals surface area contributed by atoms with Crippen LogP contribution in [0, 0.1) is 5.92 Å². The van der Waals surface area contributed by atoms with E-state index in [0.29, 0.717) is 12.6 Å². The summed E-state index contributed by atoms with van der Waals surface area (Å²) in [5, 5.41) is 3.63. The van der Waals surface area contributed by atoms with Crippen molar-refractivity contribution >= 4 is 5.69 Å². The van der Waals surface area contributed by atoms with Gasteiger partial charge in [0, 0.05) is 25.7 Å². The number of rotatable bonds is 6. The predicted molar refractivity (Wildman–Crippen MR) is 87.5 cm³/mol. The number of hydrogen-bond donors (Lipinski definition) is 1. The van der Waals surface area contributed by atoms with Gasteiger partial charge in [-0.05, 0) is 44.2 Å². The van der Waals surface area contributed by atoms with Crippen LogP contribution in [0.25, 0.3) is 0 Å². The molecule has 4 heteroatoms. The number of anilines is 1. The molecule has 0 radical (unpaired) electrons. The highest BCUT2D eigenvalue weighted by molar-refractivity contribution is 5.56. The molecular weight excluding hydrogens is 278 g/mol. The highest BCUT2D eigenvalue weighted by Crippen LogP contribution is 2.29. The third-order valence-corrected chi connectivity index (χ3v) is 4.50. The lowest BCUT2D eigenvalue weighted by molar-refractivity contribution is 0.0629. The van der Waals surface area contributed by atoms with E-state index in [1.54, 1.807) is 0 Å². The summed E-state index contributed by atoms with van der Waals surface area (Å²) in [6.07, 6.45) is 4.72. The fourth-order valence-electron chi connectivity index (χ4n) is 3.28. The molecule has 0 aliphatic carbocycles. The Morgan fingerprint density at radius 1 is 1.14 bits per heavy atom. The Bertz CT molecular complexity index is 453. The first-order valence-electron chi connectivity index (χ1n) is 8.49. The third kappa shape index (κ3) is 4.37. The number of nitrogens with one attached hydrogen (secondary N) is 1. The summed E-state index contributed by atoms with van der Waals surface area (Å²) in [4.78, 5) is 0. The van der Waals surface area contributed by atoms with E-state index in [1.807, 2.05) is 12.1 Å². The van der Waals surface area contributed by atoms with Crippen molar-refractivity contribution in [3.8, 4) is 5.75 Å². The molecule has 0 spiro atoms. The Kier molecular flexibility index (Phi) is 5.57. The number of ether oxygens (including phenoxy) is 3. The van der Waals surface area contributed by atoms with Crippen LogP contribution in [0.1, 0.15) is 32.6 Å². The van der Waals surface area contributed by atoms with Gasteiger partial charge < -0.3 is 19.5 Å².